The predicted molar refractivity (Wildman–Crippen MR) is 216 cm³/mol. The number of nitrogen functional groups attached to an aromatic ring is 1. The van der Waals surface area contributed by atoms with E-state index in [-0.39, 0.29) is 22.1 Å². The molecule has 58 heavy (non-hydrogen) atoms. The number of hydrazine groups is 1. The summed E-state index contributed by atoms with van der Waals surface area (Å²) >= 11 is 5.16. The number of esters is 1. The van der Waals surface area contributed by atoms with Gasteiger partial charge in [-0.05, 0) is 41.8 Å². The molecule has 0 aliphatic carbocycles. The number of phenolic OH excluding ortho intramolecular Hbond substituents is 2. The van der Waals surface area contributed by atoms with Crippen LogP contribution in [0.3, 0.4) is 0 Å². The summed E-state index contributed by atoms with van der Waals surface area (Å²) in [5.41, 5.74) is 12.3. The third-order valence-corrected chi connectivity index (χ3v) is 12.8. The number of anilines is 1. The van der Waals surface area contributed by atoms with Crippen molar-refractivity contribution in [3.63, 3.8) is 0 Å². The van der Waals surface area contributed by atoms with E-state index >= 15 is 0 Å². The summed E-state index contributed by atoms with van der Waals surface area (Å²) in [6.07, 6.45) is -0.788. The van der Waals surface area contributed by atoms with Crippen molar-refractivity contribution in [1.82, 2.24) is 41.6 Å². The van der Waals surface area contributed by atoms with Crippen LogP contribution in [0.5, 0.6) is 11.5 Å². The van der Waals surface area contributed by atoms with E-state index < -0.39 is 64.8 Å². The van der Waals surface area contributed by atoms with E-state index in [0.717, 1.165) is 39.6 Å². The van der Waals surface area contributed by atoms with Crippen molar-refractivity contribution in [3.05, 3.63) is 123 Å². The molecule has 4 heterocycles. The van der Waals surface area contributed by atoms with Crippen molar-refractivity contribution >= 4 is 81.1 Å². The topological polar surface area (TPSA) is 251 Å². The number of thiazole rings is 1. The summed E-state index contributed by atoms with van der Waals surface area (Å²) in [6, 6.07) is 18.2. The maximum absolute atomic E-state index is 14.4. The number of benzene rings is 3. The molecule has 0 saturated carbocycles. The van der Waals surface area contributed by atoms with Crippen LogP contribution in [0.1, 0.15) is 44.3 Å². The Hall–Kier alpha value is -6.16. The first-order valence-corrected chi connectivity index (χ1v) is 21.0. The van der Waals surface area contributed by atoms with Gasteiger partial charge >= 0.3 is 12.0 Å². The van der Waals surface area contributed by atoms with Crippen LogP contribution in [-0.4, -0.2) is 82.9 Å². The molecule has 1 saturated heterocycles. The molecule has 2 aromatic heterocycles. The van der Waals surface area contributed by atoms with Gasteiger partial charge < -0.3 is 31.3 Å². The first kappa shape index (κ1) is 40.1. The molecule has 0 radical (unpaired) electrons. The van der Waals surface area contributed by atoms with Crippen LogP contribution in [0.4, 0.5) is 9.93 Å². The quantitative estimate of drug-likeness (QED) is 0.0310. The molecule has 2 aliphatic rings. The number of amides is 5. The lowest BCUT2D eigenvalue weighted by atomic mass is 10.0. The van der Waals surface area contributed by atoms with Gasteiger partial charge in [0.2, 0.25) is 5.91 Å². The van der Waals surface area contributed by atoms with Gasteiger partial charge in [-0.2, -0.15) is 0 Å². The van der Waals surface area contributed by atoms with Crippen LogP contribution in [0, 0.1) is 6.92 Å². The Labute approximate surface area is 346 Å². The van der Waals surface area contributed by atoms with E-state index in [1.807, 2.05) is 67.6 Å². The fourth-order valence-corrected chi connectivity index (χ4v) is 9.87. The van der Waals surface area contributed by atoms with Gasteiger partial charge in [-0.25, -0.2) is 20.0 Å². The van der Waals surface area contributed by atoms with E-state index in [0.29, 0.717) is 21.4 Å². The van der Waals surface area contributed by atoms with Crippen molar-refractivity contribution < 1.29 is 38.9 Å². The van der Waals surface area contributed by atoms with Crippen LogP contribution in [0.15, 0.2) is 99.9 Å². The van der Waals surface area contributed by atoms with Crippen LogP contribution in [-0.2, 0) is 19.1 Å². The fraction of sp³-hybridized carbons (Fsp3) is 0.189. The summed E-state index contributed by atoms with van der Waals surface area (Å²) in [6.45, 7) is 1.84. The number of hydrogen-bond acceptors (Lipinski definition) is 16. The first-order chi connectivity index (χ1) is 28.0. The second kappa shape index (κ2) is 17.5. The molecule has 3 aromatic carbocycles. The minimum absolute atomic E-state index is 0.0631. The van der Waals surface area contributed by atoms with Crippen LogP contribution < -0.4 is 27.2 Å². The number of aromatic hydroxyl groups is 2. The number of ether oxygens (including phenoxy) is 1. The highest BCUT2D eigenvalue weighted by Gasteiger charge is 2.55. The highest BCUT2D eigenvalue weighted by atomic mass is 32.2. The van der Waals surface area contributed by atoms with Crippen molar-refractivity contribution in [1.29, 1.82) is 0 Å². The van der Waals surface area contributed by atoms with E-state index in [1.54, 1.807) is 0 Å². The second-order valence-electron chi connectivity index (χ2n) is 12.6. The maximum Gasteiger partial charge on any atom is 0.356 e. The molecule has 17 nitrogen and oxygen atoms in total. The summed E-state index contributed by atoms with van der Waals surface area (Å²) < 4.78 is 6.93. The van der Waals surface area contributed by atoms with E-state index in [2.05, 4.69) is 36.7 Å². The molecule has 1 fully saturated rings. The highest BCUT2D eigenvalue weighted by molar-refractivity contribution is 8.01. The van der Waals surface area contributed by atoms with Crippen molar-refractivity contribution in [2.24, 2.45) is 0 Å². The zero-order chi connectivity index (χ0) is 40.9. The number of aromatic nitrogens is 3. The molecule has 2 aliphatic heterocycles. The number of fused-ring (bicyclic) bond motifs is 1. The number of urea groups is 1. The smallest absolute Gasteiger partial charge is 0.356 e. The van der Waals surface area contributed by atoms with Gasteiger partial charge in [-0.3, -0.25) is 24.7 Å². The SMILES string of the molecule is Cc1nnc(SCC2=C(C(=O)OC(c3ccccc3)c3ccccc3)N3C(=O)C(NC(=O)C(NC(=O)NNC(=O)c4ccc(O)c(O)c4)c4csc(N)n4)[C@@H]3SC2)s1. The van der Waals surface area contributed by atoms with Crippen molar-refractivity contribution in [3.8, 4) is 11.5 Å². The second-order valence-corrected chi connectivity index (χ2v) is 17.0. The lowest BCUT2D eigenvalue weighted by Gasteiger charge is -2.50. The number of nitrogens with two attached hydrogens (primary N) is 1. The van der Waals surface area contributed by atoms with E-state index in [9.17, 15) is 34.2 Å². The fourth-order valence-electron chi connectivity index (χ4n) is 5.98. The minimum Gasteiger partial charge on any atom is -0.504 e. The summed E-state index contributed by atoms with van der Waals surface area (Å²) in [5, 5.41) is 34.3. The summed E-state index contributed by atoms with van der Waals surface area (Å²) in [7, 11) is 0. The molecule has 8 N–H and O–H groups in total. The number of β-lactam (4-membered cyclic amide) rings is 1. The van der Waals surface area contributed by atoms with Crippen molar-refractivity contribution in [2.45, 2.75) is 34.8 Å². The van der Waals surface area contributed by atoms with Gasteiger partial charge in [0.15, 0.2) is 33.1 Å². The van der Waals surface area contributed by atoms with Gasteiger partial charge in [0, 0.05) is 22.4 Å². The molecule has 5 aromatic rings. The van der Waals surface area contributed by atoms with Gasteiger partial charge in [-0.1, -0.05) is 83.8 Å². The zero-order valence-corrected chi connectivity index (χ0v) is 33.4. The molecule has 0 bridgehead atoms. The number of carbonyl (C=O) groups excluding carboxylic acids is 5. The number of phenols is 2. The third-order valence-electron chi connectivity index (χ3n) is 8.75. The number of rotatable bonds is 12. The predicted octanol–water partition coefficient (Wildman–Crippen LogP) is 3.76. The van der Waals surface area contributed by atoms with Gasteiger partial charge in [0.25, 0.3) is 11.8 Å². The molecule has 21 heteroatoms. The molecule has 0 spiro atoms. The Morgan fingerprint density at radius 2 is 1.69 bits per heavy atom. The standard InChI is InChI=1S/C37H33N9O8S4/c1-18-42-45-37(58-18)57-16-22-15-55-33-27(32(51)46(33)28(22)34(52)54-29(19-8-4-2-5-9-19)20-10-6-3-7-11-20)40-31(50)26(23-17-56-35(38)39-23)41-36(53)44-43-30(49)21-12-13-24(47)25(48)14-21/h2-14,17,26-27,29,33,47-48H,15-16H2,1H3,(H2,38,39)(H,40,50)(H,43,49)(H2,41,44,53)/t26?,27?,33-/m0/s1. The zero-order valence-electron chi connectivity index (χ0n) is 30.1. The molecule has 2 unspecified atom stereocenters. The Bertz CT molecular complexity index is 2360. The maximum atomic E-state index is 14.4. The number of nitrogens with one attached hydrogen (secondary N) is 4. The monoisotopic (exact) mass is 859 g/mol. The number of hydrogen-bond donors (Lipinski definition) is 7. The average molecular weight is 860 g/mol. The first-order valence-electron chi connectivity index (χ1n) is 17.3. The summed E-state index contributed by atoms with van der Waals surface area (Å²) in [4.78, 5) is 73.3. The largest absolute Gasteiger partial charge is 0.504 e. The summed E-state index contributed by atoms with van der Waals surface area (Å²) in [5.74, 6) is -3.29. The molecule has 5 amide bonds. The average Bonchev–Trinajstić information content (AvgIpc) is 3.87. The Morgan fingerprint density at radius 1 is 0.983 bits per heavy atom. The number of aryl methyl sites for hydroxylation is 1. The van der Waals surface area contributed by atoms with E-state index in [4.69, 9.17) is 10.5 Å². The Balaban J connectivity index is 1.09. The third kappa shape index (κ3) is 8.86. The molecule has 298 valence electrons. The molecular formula is C37H33N9O8S4. The van der Waals surface area contributed by atoms with Crippen molar-refractivity contribution in [2.75, 3.05) is 17.2 Å². The van der Waals surface area contributed by atoms with Crippen LogP contribution in [0.2, 0.25) is 0 Å². The lowest BCUT2D eigenvalue weighted by molar-refractivity contribution is -0.154. The Morgan fingerprint density at radius 3 is 2.31 bits per heavy atom. The number of thioether (sulfide) groups is 2. The minimum atomic E-state index is -1.47. The molecule has 3 atom stereocenters. The molecule has 7 rings (SSSR count). The van der Waals surface area contributed by atoms with Crippen LogP contribution in [0.25, 0.3) is 0 Å². The van der Waals surface area contributed by atoms with Crippen LogP contribution >= 0.6 is 46.2 Å². The molecular weight excluding hydrogens is 827 g/mol. The number of carbonyl (C=O) groups is 5. The Kier molecular flexibility index (Phi) is 12.1. The lowest BCUT2D eigenvalue weighted by Crippen LogP contribution is -2.71. The highest BCUT2D eigenvalue weighted by Crippen LogP contribution is 2.43. The number of nitrogens with zero attached hydrogens (tertiary/aromatic N) is 4. The normalized spacial score (nSPS) is 16.5. The van der Waals surface area contributed by atoms with E-state index in [1.165, 1.54) is 51.2 Å². The van der Waals surface area contributed by atoms with Gasteiger partial charge in [0.1, 0.15) is 22.1 Å². The van der Waals surface area contributed by atoms with Gasteiger partial charge in [-0.15, -0.1) is 33.3 Å². The van der Waals surface area contributed by atoms with Gasteiger partial charge in [0.05, 0.1) is 5.69 Å².